The van der Waals surface area contributed by atoms with E-state index in [-0.39, 0.29) is 0 Å². The first-order chi connectivity index (χ1) is 12.3. The first kappa shape index (κ1) is 16.7. The molecule has 3 heterocycles. The van der Waals surface area contributed by atoms with E-state index in [1.807, 2.05) is 29.6 Å². The highest BCUT2D eigenvalue weighted by Gasteiger charge is 2.19. The summed E-state index contributed by atoms with van der Waals surface area (Å²) in [7, 11) is 0. The van der Waals surface area contributed by atoms with E-state index in [1.165, 1.54) is 5.56 Å². The Morgan fingerprint density at radius 1 is 1.00 bits per heavy atom. The molecule has 0 bridgehead atoms. The van der Waals surface area contributed by atoms with Gasteiger partial charge in [-0.1, -0.05) is 35.0 Å². The minimum absolute atomic E-state index is 0.686. The summed E-state index contributed by atoms with van der Waals surface area (Å²) in [6.45, 7) is 5.76. The smallest absolute Gasteiger partial charge is 0.241 e. The van der Waals surface area contributed by atoms with Crippen molar-refractivity contribution in [3.63, 3.8) is 0 Å². The Balaban J connectivity index is 1.28. The molecule has 1 saturated heterocycles. The summed E-state index contributed by atoms with van der Waals surface area (Å²) in [5.41, 5.74) is 1.30. The molecule has 1 fully saturated rings. The molecule has 0 amide bonds. The molecule has 5 nitrogen and oxygen atoms in total. The average Bonchev–Trinajstić information content (AvgIpc) is 3.30. The molecule has 25 heavy (non-hydrogen) atoms. The quantitative estimate of drug-likeness (QED) is 0.680. The first-order valence-corrected chi connectivity index (χ1v) is 9.58. The van der Waals surface area contributed by atoms with Gasteiger partial charge >= 0.3 is 0 Å². The van der Waals surface area contributed by atoms with Crippen LogP contribution in [0.1, 0.15) is 11.5 Å². The highest BCUT2D eigenvalue weighted by molar-refractivity contribution is 7.13. The number of hydrogen-bond donors (Lipinski definition) is 0. The van der Waals surface area contributed by atoms with Crippen LogP contribution in [0.2, 0.25) is 5.02 Å². The minimum atomic E-state index is 0.686. The number of piperazine rings is 1. The van der Waals surface area contributed by atoms with E-state index in [1.54, 1.807) is 11.3 Å². The van der Waals surface area contributed by atoms with Crippen LogP contribution >= 0.6 is 22.9 Å². The first-order valence-electron chi connectivity index (χ1n) is 8.32. The molecule has 0 N–H and O–H groups in total. The average molecular weight is 375 g/mol. The van der Waals surface area contributed by atoms with E-state index in [2.05, 4.69) is 32.1 Å². The van der Waals surface area contributed by atoms with Crippen molar-refractivity contribution in [1.29, 1.82) is 0 Å². The van der Waals surface area contributed by atoms with Crippen molar-refractivity contribution in [3.05, 3.63) is 58.3 Å². The van der Waals surface area contributed by atoms with E-state index in [0.717, 1.165) is 42.6 Å². The topological polar surface area (TPSA) is 45.4 Å². The van der Waals surface area contributed by atoms with Crippen LogP contribution in [0.25, 0.3) is 10.7 Å². The van der Waals surface area contributed by atoms with E-state index < -0.39 is 0 Å². The van der Waals surface area contributed by atoms with E-state index in [0.29, 0.717) is 18.3 Å². The Kier molecular flexibility index (Phi) is 5.12. The number of rotatable bonds is 5. The molecular formula is C18H19ClN4OS. The molecule has 0 spiro atoms. The van der Waals surface area contributed by atoms with Crippen LogP contribution in [0.3, 0.4) is 0 Å². The van der Waals surface area contributed by atoms with Crippen LogP contribution < -0.4 is 0 Å². The molecule has 1 aromatic carbocycles. The molecule has 7 heteroatoms. The van der Waals surface area contributed by atoms with Gasteiger partial charge in [-0.15, -0.1) is 11.3 Å². The standard InChI is InChI=1S/C18H19ClN4OS/c19-15-5-3-14(4-6-15)12-22-7-9-23(10-8-22)13-17-20-18(21-24-17)16-2-1-11-25-16/h1-6,11H,7-10,12-13H2. The second kappa shape index (κ2) is 7.66. The Labute approximate surface area is 155 Å². The third-order valence-electron chi connectivity index (χ3n) is 4.35. The molecule has 0 radical (unpaired) electrons. The summed E-state index contributed by atoms with van der Waals surface area (Å²) in [5.74, 6) is 1.38. The van der Waals surface area contributed by atoms with Gasteiger partial charge in [-0.05, 0) is 29.1 Å². The highest BCUT2D eigenvalue weighted by atomic mass is 35.5. The number of aromatic nitrogens is 2. The molecule has 2 aromatic heterocycles. The van der Waals surface area contributed by atoms with Crippen molar-refractivity contribution in [2.75, 3.05) is 26.2 Å². The summed E-state index contributed by atoms with van der Waals surface area (Å²) < 4.78 is 5.40. The zero-order valence-corrected chi connectivity index (χ0v) is 15.3. The lowest BCUT2D eigenvalue weighted by Crippen LogP contribution is -2.45. The Bertz CT molecular complexity index is 795. The second-order valence-electron chi connectivity index (χ2n) is 6.17. The van der Waals surface area contributed by atoms with E-state index >= 15 is 0 Å². The third kappa shape index (κ3) is 4.27. The van der Waals surface area contributed by atoms with Crippen molar-refractivity contribution in [2.45, 2.75) is 13.1 Å². The maximum Gasteiger partial charge on any atom is 0.241 e. The van der Waals surface area contributed by atoms with Crippen molar-refractivity contribution in [2.24, 2.45) is 0 Å². The molecule has 0 unspecified atom stereocenters. The fourth-order valence-electron chi connectivity index (χ4n) is 2.97. The second-order valence-corrected chi connectivity index (χ2v) is 7.55. The number of nitrogens with zero attached hydrogens (tertiary/aromatic N) is 4. The molecule has 1 aliphatic rings. The van der Waals surface area contributed by atoms with Gasteiger partial charge in [0.2, 0.25) is 11.7 Å². The van der Waals surface area contributed by atoms with Crippen LogP contribution in [-0.4, -0.2) is 46.1 Å². The van der Waals surface area contributed by atoms with E-state index in [4.69, 9.17) is 16.1 Å². The predicted molar refractivity (Wildman–Crippen MR) is 99.6 cm³/mol. The van der Waals surface area contributed by atoms with Crippen molar-refractivity contribution < 1.29 is 4.52 Å². The maximum absolute atomic E-state index is 5.95. The van der Waals surface area contributed by atoms with Crippen molar-refractivity contribution >= 4 is 22.9 Å². The summed E-state index contributed by atoms with van der Waals surface area (Å²) in [6, 6.07) is 12.1. The van der Waals surface area contributed by atoms with E-state index in [9.17, 15) is 0 Å². The summed E-state index contributed by atoms with van der Waals surface area (Å²) in [4.78, 5) is 10.4. The van der Waals surface area contributed by atoms with Crippen LogP contribution in [0.4, 0.5) is 0 Å². The SMILES string of the molecule is Clc1ccc(CN2CCN(Cc3nc(-c4cccs4)no3)CC2)cc1. The molecule has 3 aromatic rings. The Hall–Kier alpha value is -1.73. The largest absolute Gasteiger partial charge is 0.338 e. The molecule has 130 valence electrons. The van der Waals surface area contributed by atoms with Crippen LogP contribution in [-0.2, 0) is 13.1 Å². The third-order valence-corrected chi connectivity index (χ3v) is 5.47. The zero-order valence-electron chi connectivity index (χ0n) is 13.8. The number of thiophene rings is 1. The lowest BCUT2D eigenvalue weighted by atomic mass is 10.2. The van der Waals surface area contributed by atoms with Gasteiger partial charge in [-0.2, -0.15) is 4.98 Å². The number of benzene rings is 1. The van der Waals surface area contributed by atoms with Crippen molar-refractivity contribution in [1.82, 2.24) is 19.9 Å². The Morgan fingerprint density at radius 3 is 2.40 bits per heavy atom. The van der Waals surface area contributed by atoms with Gasteiger partial charge in [0.15, 0.2) is 0 Å². The van der Waals surface area contributed by atoms with Gasteiger partial charge in [-0.3, -0.25) is 9.80 Å². The van der Waals surface area contributed by atoms with Gasteiger partial charge < -0.3 is 4.52 Å². The zero-order chi connectivity index (χ0) is 17.1. The Morgan fingerprint density at radius 2 is 1.72 bits per heavy atom. The number of halogens is 1. The van der Waals surface area contributed by atoms with Gasteiger partial charge in [0.25, 0.3) is 0 Å². The highest BCUT2D eigenvalue weighted by Crippen LogP contribution is 2.22. The fourth-order valence-corrected chi connectivity index (χ4v) is 3.74. The van der Waals surface area contributed by atoms with Crippen LogP contribution in [0.5, 0.6) is 0 Å². The van der Waals surface area contributed by atoms with Crippen LogP contribution in [0, 0.1) is 0 Å². The lowest BCUT2D eigenvalue weighted by Gasteiger charge is -2.33. The molecule has 0 aliphatic carbocycles. The minimum Gasteiger partial charge on any atom is -0.338 e. The fraction of sp³-hybridized carbons (Fsp3) is 0.333. The molecule has 0 atom stereocenters. The van der Waals surface area contributed by atoms with Gasteiger partial charge in [-0.25, -0.2) is 0 Å². The summed E-state index contributed by atoms with van der Waals surface area (Å²) in [6.07, 6.45) is 0. The predicted octanol–water partition coefficient (Wildman–Crippen LogP) is 3.77. The molecular weight excluding hydrogens is 356 g/mol. The molecule has 0 saturated carbocycles. The normalized spacial score (nSPS) is 16.4. The molecule has 1 aliphatic heterocycles. The van der Waals surface area contributed by atoms with Crippen molar-refractivity contribution in [3.8, 4) is 10.7 Å². The monoisotopic (exact) mass is 374 g/mol. The summed E-state index contributed by atoms with van der Waals surface area (Å²) in [5, 5.41) is 6.88. The summed E-state index contributed by atoms with van der Waals surface area (Å²) >= 11 is 7.57. The van der Waals surface area contributed by atoms with Crippen LogP contribution in [0.15, 0.2) is 46.3 Å². The van der Waals surface area contributed by atoms with Gasteiger partial charge in [0, 0.05) is 37.7 Å². The molecule has 4 rings (SSSR count). The lowest BCUT2D eigenvalue weighted by molar-refractivity contribution is 0.112. The van der Waals surface area contributed by atoms with Gasteiger partial charge in [0.05, 0.1) is 11.4 Å². The van der Waals surface area contributed by atoms with Gasteiger partial charge in [0.1, 0.15) is 0 Å². The maximum atomic E-state index is 5.95. The number of hydrogen-bond acceptors (Lipinski definition) is 6.